The van der Waals surface area contributed by atoms with Gasteiger partial charge >= 0.3 is 0 Å². The van der Waals surface area contributed by atoms with Gasteiger partial charge in [-0.2, -0.15) is 0 Å². The van der Waals surface area contributed by atoms with Crippen LogP contribution in [0.15, 0.2) is 36.5 Å². The van der Waals surface area contributed by atoms with Crippen molar-refractivity contribution in [3.63, 3.8) is 0 Å². The number of nitrogens with two attached hydrogens (primary N) is 1. The van der Waals surface area contributed by atoms with Crippen molar-refractivity contribution in [3.05, 3.63) is 47.1 Å². The second-order valence-corrected chi connectivity index (χ2v) is 3.92. The molecular formula is C13H13ClN2. The van der Waals surface area contributed by atoms with E-state index in [2.05, 4.69) is 11.1 Å². The van der Waals surface area contributed by atoms with Crippen molar-refractivity contribution in [1.82, 2.24) is 4.98 Å². The van der Waals surface area contributed by atoms with Crippen molar-refractivity contribution < 1.29 is 0 Å². The summed E-state index contributed by atoms with van der Waals surface area (Å²) >= 11 is 6.11. The van der Waals surface area contributed by atoms with E-state index in [4.69, 9.17) is 17.3 Å². The van der Waals surface area contributed by atoms with E-state index in [1.54, 1.807) is 6.20 Å². The molecule has 0 saturated carbocycles. The molecule has 0 radical (unpaired) electrons. The predicted octanol–water partition coefficient (Wildman–Crippen LogP) is 3.25. The van der Waals surface area contributed by atoms with Gasteiger partial charge in [-0.3, -0.25) is 4.98 Å². The average molecular weight is 233 g/mol. The van der Waals surface area contributed by atoms with E-state index < -0.39 is 0 Å². The molecule has 2 N–H and O–H groups in total. The Morgan fingerprint density at radius 2 is 2.19 bits per heavy atom. The fourth-order valence-electron chi connectivity index (χ4n) is 1.60. The van der Waals surface area contributed by atoms with Crippen LogP contribution in [-0.4, -0.2) is 11.5 Å². The standard InChI is InChI=1S/C13H13ClN2/c14-12-7-6-10(4-1-2-8-15)13-11(12)5-3-9-16-13/h1,3-7,9H,2,8,15H2/b4-1+. The molecule has 1 aromatic heterocycles. The largest absolute Gasteiger partial charge is 0.330 e. The van der Waals surface area contributed by atoms with Crippen molar-refractivity contribution in [3.8, 4) is 0 Å². The Balaban J connectivity index is 2.50. The highest BCUT2D eigenvalue weighted by Crippen LogP contribution is 2.25. The quantitative estimate of drug-likeness (QED) is 0.882. The molecule has 0 aliphatic carbocycles. The minimum atomic E-state index is 0.662. The Hall–Kier alpha value is -1.38. The van der Waals surface area contributed by atoms with E-state index in [0.29, 0.717) is 6.54 Å². The maximum Gasteiger partial charge on any atom is 0.0789 e. The molecule has 1 aromatic carbocycles. The van der Waals surface area contributed by atoms with Crippen LogP contribution in [0.5, 0.6) is 0 Å². The first kappa shape index (κ1) is 11.1. The molecule has 3 heteroatoms. The number of hydrogen-bond acceptors (Lipinski definition) is 2. The lowest BCUT2D eigenvalue weighted by molar-refractivity contribution is 1.01. The molecule has 16 heavy (non-hydrogen) atoms. The zero-order valence-electron chi connectivity index (χ0n) is 8.86. The molecule has 0 atom stereocenters. The van der Waals surface area contributed by atoms with Crippen LogP contribution >= 0.6 is 11.6 Å². The van der Waals surface area contributed by atoms with Gasteiger partial charge in [0.25, 0.3) is 0 Å². The monoisotopic (exact) mass is 232 g/mol. The summed E-state index contributed by atoms with van der Waals surface area (Å²) in [4.78, 5) is 4.35. The minimum Gasteiger partial charge on any atom is -0.330 e. The van der Waals surface area contributed by atoms with Gasteiger partial charge in [-0.1, -0.05) is 29.8 Å². The predicted molar refractivity (Wildman–Crippen MR) is 69.5 cm³/mol. The van der Waals surface area contributed by atoms with Crippen LogP contribution in [0, 0.1) is 0 Å². The second-order valence-electron chi connectivity index (χ2n) is 3.52. The van der Waals surface area contributed by atoms with E-state index >= 15 is 0 Å². The lowest BCUT2D eigenvalue weighted by atomic mass is 10.1. The number of fused-ring (bicyclic) bond motifs is 1. The van der Waals surface area contributed by atoms with Crippen LogP contribution in [0.4, 0.5) is 0 Å². The van der Waals surface area contributed by atoms with Crippen molar-refractivity contribution in [2.75, 3.05) is 6.54 Å². The third kappa shape index (κ3) is 2.23. The van der Waals surface area contributed by atoms with E-state index in [-0.39, 0.29) is 0 Å². The van der Waals surface area contributed by atoms with Gasteiger partial charge in [0, 0.05) is 17.1 Å². The highest BCUT2D eigenvalue weighted by Gasteiger charge is 2.02. The fraction of sp³-hybridized carbons (Fsp3) is 0.154. The Kier molecular flexibility index (Phi) is 3.54. The van der Waals surface area contributed by atoms with Crippen molar-refractivity contribution in [2.24, 2.45) is 5.73 Å². The van der Waals surface area contributed by atoms with Crippen LogP contribution in [0.3, 0.4) is 0 Å². The van der Waals surface area contributed by atoms with E-state index in [0.717, 1.165) is 27.9 Å². The summed E-state index contributed by atoms with van der Waals surface area (Å²) < 4.78 is 0. The van der Waals surface area contributed by atoms with Crippen molar-refractivity contribution in [1.29, 1.82) is 0 Å². The third-order valence-electron chi connectivity index (χ3n) is 2.38. The highest BCUT2D eigenvalue weighted by atomic mass is 35.5. The molecule has 0 unspecified atom stereocenters. The van der Waals surface area contributed by atoms with Crippen molar-refractivity contribution >= 4 is 28.6 Å². The summed E-state index contributed by atoms with van der Waals surface area (Å²) in [5.74, 6) is 0. The average Bonchev–Trinajstić information content (AvgIpc) is 2.33. The molecule has 0 bridgehead atoms. The number of aromatic nitrogens is 1. The Labute approximate surface area is 99.7 Å². The summed E-state index contributed by atoms with van der Waals surface area (Å²) in [5.41, 5.74) is 7.45. The Morgan fingerprint density at radius 3 is 3.00 bits per heavy atom. The normalized spacial score (nSPS) is 11.4. The summed E-state index contributed by atoms with van der Waals surface area (Å²) in [6.07, 6.45) is 6.74. The maximum absolute atomic E-state index is 6.11. The van der Waals surface area contributed by atoms with E-state index in [1.807, 2.05) is 30.3 Å². The molecule has 0 spiro atoms. The topological polar surface area (TPSA) is 38.9 Å². The SMILES string of the molecule is NCC/C=C/c1ccc(Cl)c2cccnc12. The highest BCUT2D eigenvalue weighted by molar-refractivity contribution is 6.35. The number of nitrogens with zero attached hydrogens (tertiary/aromatic N) is 1. The summed E-state index contributed by atoms with van der Waals surface area (Å²) in [7, 11) is 0. The fourth-order valence-corrected chi connectivity index (χ4v) is 1.82. The first-order valence-electron chi connectivity index (χ1n) is 5.23. The number of pyridine rings is 1. The zero-order chi connectivity index (χ0) is 11.4. The Bertz CT molecular complexity index is 520. The maximum atomic E-state index is 6.11. The molecular weight excluding hydrogens is 220 g/mol. The van der Waals surface area contributed by atoms with Gasteiger partial charge in [-0.25, -0.2) is 0 Å². The van der Waals surface area contributed by atoms with Gasteiger partial charge in [0.05, 0.1) is 10.5 Å². The molecule has 2 nitrogen and oxygen atoms in total. The van der Waals surface area contributed by atoms with Gasteiger partial charge in [0.1, 0.15) is 0 Å². The van der Waals surface area contributed by atoms with Crippen LogP contribution in [0.2, 0.25) is 5.02 Å². The van der Waals surface area contributed by atoms with Gasteiger partial charge in [0.15, 0.2) is 0 Å². The van der Waals surface area contributed by atoms with E-state index in [1.165, 1.54) is 0 Å². The number of hydrogen-bond donors (Lipinski definition) is 1. The molecule has 82 valence electrons. The molecule has 0 saturated heterocycles. The number of rotatable bonds is 3. The molecule has 2 aromatic rings. The number of benzene rings is 1. The zero-order valence-corrected chi connectivity index (χ0v) is 9.61. The van der Waals surface area contributed by atoms with Gasteiger partial charge < -0.3 is 5.73 Å². The summed E-state index contributed by atoms with van der Waals surface area (Å²) in [6.45, 7) is 0.662. The van der Waals surface area contributed by atoms with Crippen LogP contribution in [0.25, 0.3) is 17.0 Å². The third-order valence-corrected chi connectivity index (χ3v) is 2.71. The molecule has 0 aliphatic rings. The smallest absolute Gasteiger partial charge is 0.0789 e. The van der Waals surface area contributed by atoms with E-state index in [9.17, 15) is 0 Å². The molecule has 2 rings (SSSR count). The molecule has 0 aliphatic heterocycles. The minimum absolute atomic E-state index is 0.662. The molecule has 1 heterocycles. The van der Waals surface area contributed by atoms with Gasteiger partial charge in [-0.05, 0) is 31.2 Å². The summed E-state index contributed by atoms with van der Waals surface area (Å²) in [6, 6.07) is 7.74. The molecule has 0 amide bonds. The molecule has 0 fully saturated rings. The number of halogens is 1. The Morgan fingerprint density at radius 1 is 1.31 bits per heavy atom. The lowest BCUT2D eigenvalue weighted by Gasteiger charge is -2.02. The van der Waals surface area contributed by atoms with Crippen LogP contribution < -0.4 is 5.73 Å². The van der Waals surface area contributed by atoms with Gasteiger partial charge in [0.2, 0.25) is 0 Å². The van der Waals surface area contributed by atoms with Crippen LogP contribution in [-0.2, 0) is 0 Å². The second kappa shape index (κ2) is 5.10. The van der Waals surface area contributed by atoms with Crippen LogP contribution in [0.1, 0.15) is 12.0 Å². The summed E-state index contributed by atoms with van der Waals surface area (Å²) in [5, 5.41) is 1.72. The first-order valence-corrected chi connectivity index (χ1v) is 5.60. The first-order chi connectivity index (χ1) is 7.83. The lowest BCUT2D eigenvalue weighted by Crippen LogP contribution is -1.95. The van der Waals surface area contributed by atoms with Gasteiger partial charge in [-0.15, -0.1) is 0 Å². The van der Waals surface area contributed by atoms with Crippen molar-refractivity contribution in [2.45, 2.75) is 6.42 Å².